The lowest BCUT2D eigenvalue weighted by Gasteiger charge is -2.50. The van der Waals surface area contributed by atoms with Crippen LogP contribution in [0.3, 0.4) is 0 Å². The zero-order valence-electron chi connectivity index (χ0n) is 58.7. The summed E-state index contributed by atoms with van der Waals surface area (Å²) in [5.41, 5.74) is 7.13. The van der Waals surface area contributed by atoms with Crippen LogP contribution in [-0.2, 0) is 10.8 Å². The molecule has 0 N–H and O–H groups in total. The molecule has 75 heavy (non-hydrogen) atoms. The number of aromatic nitrogens is 1. The topological polar surface area (TPSA) is 17.4 Å². The molecule has 1 spiro atoms. The van der Waals surface area contributed by atoms with Crippen LogP contribution in [0.5, 0.6) is 11.5 Å². The van der Waals surface area contributed by atoms with Gasteiger partial charge in [0.05, 0.1) is 46.8 Å². The monoisotopic (exact) mass is 977 g/mol. The molecule has 0 fully saturated rings. The zero-order valence-corrected chi connectivity index (χ0v) is 40.7. The van der Waals surface area contributed by atoms with Crippen molar-refractivity contribution in [3.63, 3.8) is 0 Å². The number of ether oxygens (including phenoxy) is 1. The molecule has 4 heterocycles. The van der Waals surface area contributed by atoms with Crippen LogP contribution in [-0.4, -0.2) is 11.3 Å². The minimum absolute atomic E-state index is 0.0559. The molecular formula is C71H51BN2O. The summed E-state index contributed by atoms with van der Waals surface area (Å²) in [4.78, 5) is 2.07. The number of anilines is 3. The predicted molar refractivity (Wildman–Crippen MR) is 314 cm³/mol. The number of hydrogen-bond acceptors (Lipinski definition) is 2. The zero-order chi connectivity index (χ0) is 65.7. The van der Waals surface area contributed by atoms with E-state index < -0.39 is 121 Å². The third kappa shape index (κ3) is 6.42. The Morgan fingerprint density at radius 3 is 1.69 bits per heavy atom. The van der Waals surface area contributed by atoms with E-state index in [1.54, 1.807) is 12.1 Å². The molecule has 0 saturated carbocycles. The van der Waals surface area contributed by atoms with Gasteiger partial charge in [0.25, 0.3) is 0 Å². The normalized spacial score (nSPS) is 17.1. The van der Waals surface area contributed by atoms with Crippen LogP contribution in [0.15, 0.2) is 254 Å². The van der Waals surface area contributed by atoms with Gasteiger partial charge in [-0.15, -0.1) is 0 Å². The van der Waals surface area contributed by atoms with Crippen molar-refractivity contribution in [3.8, 4) is 50.6 Å². The van der Waals surface area contributed by atoms with Crippen molar-refractivity contribution in [2.45, 2.75) is 31.6 Å². The molecule has 3 nitrogen and oxygen atoms in total. The molecule has 354 valence electrons. The maximum Gasteiger partial charge on any atom is 0.247 e. The van der Waals surface area contributed by atoms with Gasteiger partial charge in [-0.05, 0) is 128 Å². The maximum absolute atomic E-state index is 9.72. The molecule has 3 aliphatic heterocycles. The second-order valence-corrected chi connectivity index (χ2v) is 20.2. The Morgan fingerprint density at radius 1 is 0.440 bits per heavy atom. The molecule has 12 aromatic rings. The molecule has 0 radical (unpaired) electrons. The number of benzene rings is 11. The molecule has 3 aliphatic rings. The van der Waals surface area contributed by atoms with Crippen LogP contribution in [0.25, 0.3) is 60.9 Å². The van der Waals surface area contributed by atoms with Gasteiger partial charge in [0.1, 0.15) is 11.5 Å². The van der Waals surface area contributed by atoms with Crippen molar-refractivity contribution in [2.24, 2.45) is 0 Å². The van der Waals surface area contributed by atoms with E-state index in [9.17, 15) is 13.7 Å². The standard InChI is InChI=1S/C71H51BN2O/c1-70(2,3)51-36-40-64(55(44-51)48-25-11-6-12-26-48)74-65-42-49(46-21-7-4-8-22-46)35-38-61(65)72-60-39-37-52(73-62-31-17-13-27-53(62)54-28-14-18-32-63(54)73)45-58(60)71(56-29-15-19-33-67(56)75-68-34-20-16-30-57(68)71)59-41-50(43-66(74)69(59)72)47-23-9-5-10-24-47/h4-45H,1-3H3/i4D,5D,7D,8D,9D,10D,13D,14D,17D,18D,21D,22D,23D,24D,27D,28D,31D,32D. The lowest BCUT2D eigenvalue weighted by atomic mass is 9.29. The number of hydrogen-bond donors (Lipinski definition) is 0. The lowest BCUT2D eigenvalue weighted by Crippen LogP contribution is -2.65. The Kier molecular flexibility index (Phi) is 6.35. The van der Waals surface area contributed by atoms with Crippen molar-refractivity contribution in [3.05, 3.63) is 282 Å². The highest BCUT2D eigenvalue weighted by Gasteiger charge is 2.55. The number of nitrogens with zero attached hydrogens (tertiary/aromatic N) is 2. The van der Waals surface area contributed by atoms with Gasteiger partial charge in [-0.3, -0.25) is 0 Å². The molecular weight excluding hydrogens is 908 g/mol. The first-order chi connectivity index (χ1) is 44.3. The van der Waals surface area contributed by atoms with Crippen molar-refractivity contribution >= 4 is 62.0 Å². The highest BCUT2D eigenvalue weighted by Crippen LogP contribution is 2.58. The van der Waals surface area contributed by atoms with Gasteiger partial charge in [-0.1, -0.05) is 214 Å². The number of fused-ring (bicyclic) bond motifs is 13. The van der Waals surface area contributed by atoms with E-state index >= 15 is 0 Å². The van der Waals surface area contributed by atoms with Crippen LogP contribution in [0.2, 0.25) is 0 Å². The summed E-state index contributed by atoms with van der Waals surface area (Å²) in [5, 5.41) is -0.228. The first-order valence-corrected chi connectivity index (χ1v) is 24.8. The maximum atomic E-state index is 9.72. The van der Waals surface area contributed by atoms with Crippen LogP contribution >= 0.6 is 0 Å². The smallest absolute Gasteiger partial charge is 0.247 e. The molecule has 0 atom stereocenters. The summed E-state index contributed by atoms with van der Waals surface area (Å²) in [5.74, 6) is 0.877. The van der Waals surface area contributed by atoms with E-state index in [2.05, 4.69) is 37.8 Å². The molecule has 4 heteroatoms. The van der Waals surface area contributed by atoms with E-state index in [0.717, 1.165) is 16.7 Å². The molecule has 1 aromatic heterocycles. The van der Waals surface area contributed by atoms with Crippen LogP contribution in [0.4, 0.5) is 17.1 Å². The second kappa shape index (κ2) is 16.4. The highest BCUT2D eigenvalue weighted by molar-refractivity contribution is 6.99. The quantitative estimate of drug-likeness (QED) is 0.160. The fourth-order valence-electron chi connectivity index (χ4n) is 12.1. The van der Waals surface area contributed by atoms with E-state index in [1.807, 2.05) is 121 Å². The van der Waals surface area contributed by atoms with E-state index in [-0.39, 0.29) is 55.2 Å². The Bertz CT molecular complexity index is 5190. The van der Waals surface area contributed by atoms with Gasteiger partial charge in [-0.25, -0.2) is 0 Å². The van der Waals surface area contributed by atoms with Crippen molar-refractivity contribution in [1.29, 1.82) is 0 Å². The van der Waals surface area contributed by atoms with Crippen LogP contribution in [0, 0.1) is 0 Å². The molecule has 0 amide bonds. The number of para-hydroxylation sites is 4. The third-order valence-corrected chi connectivity index (χ3v) is 15.3. The fraction of sp³-hybridized carbons (Fsp3) is 0.0704. The predicted octanol–water partition coefficient (Wildman–Crippen LogP) is 16.2. The average Bonchev–Trinajstić information content (AvgIpc) is 1.09. The first-order valence-electron chi connectivity index (χ1n) is 33.8. The van der Waals surface area contributed by atoms with Crippen molar-refractivity contribution < 1.29 is 29.4 Å². The SMILES string of the molecule is [2H]c1c([2H])c([2H])c(-c2ccc3c(c2)N(c2ccc(C(C)(C)C)cc2-c2ccccc2)c2cc(-c4c([2H])c([2H])c([2H])c([2H])c4[2H])cc4c2B3c2ccc(-n3c5c([2H])c([2H])c([2H])c([2H])c5c5c([2H])c([2H])c([2H])c([2H])c53)cc2C42c3ccccc3Oc3ccccc32)c([2H])c1[2H]. The van der Waals surface area contributed by atoms with Gasteiger partial charge in [0, 0.05) is 44.5 Å². The third-order valence-electron chi connectivity index (χ3n) is 15.3. The largest absolute Gasteiger partial charge is 0.457 e. The Balaban J connectivity index is 1.18. The molecule has 0 saturated heterocycles. The average molecular weight is 977 g/mol. The Morgan fingerprint density at radius 2 is 1.03 bits per heavy atom. The summed E-state index contributed by atoms with van der Waals surface area (Å²) in [7, 11) is 0. The number of rotatable bonds is 5. The summed E-state index contributed by atoms with van der Waals surface area (Å²) < 4.78 is 174. The van der Waals surface area contributed by atoms with E-state index in [4.69, 9.17) is 15.7 Å². The lowest BCUT2D eigenvalue weighted by molar-refractivity contribution is 0.435. The van der Waals surface area contributed by atoms with Gasteiger partial charge in [0.15, 0.2) is 0 Å². The minimum Gasteiger partial charge on any atom is -0.457 e. The molecule has 0 bridgehead atoms. The van der Waals surface area contributed by atoms with Gasteiger partial charge in [0.2, 0.25) is 6.71 Å². The molecule has 0 unspecified atom stereocenters. The molecule has 15 rings (SSSR count). The minimum atomic E-state index is -1.55. The van der Waals surface area contributed by atoms with Crippen LogP contribution in [0.1, 0.15) is 73.3 Å². The van der Waals surface area contributed by atoms with E-state index in [0.29, 0.717) is 67.2 Å². The first kappa shape index (κ1) is 28.9. The second-order valence-electron chi connectivity index (χ2n) is 20.2. The summed E-state index contributed by atoms with van der Waals surface area (Å²) in [6, 6.07) is 36.3. The summed E-state index contributed by atoms with van der Waals surface area (Å²) in [6.45, 7) is 5.54. The Hall–Kier alpha value is -9.12. The van der Waals surface area contributed by atoms with Gasteiger partial charge in [-0.2, -0.15) is 0 Å². The molecule has 11 aromatic carbocycles. The van der Waals surface area contributed by atoms with Crippen LogP contribution < -0.4 is 26.0 Å². The summed E-state index contributed by atoms with van der Waals surface area (Å²) >= 11 is 0. The Labute approximate surface area is 464 Å². The van der Waals surface area contributed by atoms with Gasteiger partial charge < -0.3 is 14.2 Å². The summed E-state index contributed by atoms with van der Waals surface area (Å²) in [6.07, 6.45) is 0. The highest BCUT2D eigenvalue weighted by atomic mass is 16.5. The van der Waals surface area contributed by atoms with E-state index in [1.165, 1.54) is 4.57 Å². The van der Waals surface area contributed by atoms with Gasteiger partial charge >= 0.3 is 0 Å². The van der Waals surface area contributed by atoms with Crippen molar-refractivity contribution in [2.75, 3.05) is 4.90 Å². The fourth-order valence-corrected chi connectivity index (χ4v) is 12.1. The molecule has 0 aliphatic carbocycles. The van der Waals surface area contributed by atoms with Crippen molar-refractivity contribution in [1.82, 2.24) is 4.57 Å².